The Bertz CT molecular complexity index is 1560. The first-order valence-electron chi connectivity index (χ1n) is 16.1. The number of rotatable bonds is 12. The maximum Gasteiger partial charge on any atom is 0.498 e. The highest BCUT2D eigenvalue weighted by Crippen LogP contribution is 2.37. The molecule has 274 valence electrons. The number of esters is 1. The van der Waals surface area contributed by atoms with Gasteiger partial charge in [-0.05, 0) is 107 Å². The molecule has 0 radical (unpaired) electrons. The first kappa shape index (κ1) is 40.9. The fourth-order valence-corrected chi connectivity index (χ4v) is 5.89. The Morgan fingerprint density at radius 3 is 2.00 bits per heavy atom. The summed E-state index contributed by atoms with van der Waals surface area (Å²) in [5.74, 6) is -0.829. The molecule has 1 saturated heterocycles. The van der Waals surface area contributed by atoms with Crippen molar-refractivity contribution < 1.29 is 47.4 Å². The Kier molecular flexibility index (Phi) is 13.2. The van der Waals surface area contributed by atoms with Crippen molar-refractivity contribution in [3.8, 4) is 11.5 Å². The number of hydrogen-bond donors (Lipinski definition) is 2. The standard InChI is InChI=1S/C35H49BIN3O10/c1-20(38-30(42)28(40(9)32(44)48-33(2,3)4)22-14-16-27(46-11)24(37)19-22)29(41)39-25(31(43)47-12)18-21-13-15-26(45-10)23(17-21)36-49-34(5,6)35(7,8)50-36/h13-17,19-20,25,28H,18H2,1-12H3,(H,38,42)(H,39,41). The van der Waals surface area contributed by atoms with Gasteiger partial charge in [-0.1, -0.05) is 18.2 Å². The van der Waals surface area contributed by atoms with Crippen LogP contribution >= 0.6 is 22.6 Å². The van der Waals surface area contributed by atoms with Gasteiger partial charge in [0.1, 0.15) is 35.2 Å². The van der Waals surface area contributed by atoms with Crippen molar-refractivity contribution in [3.05, 3.63) is 51.1 Å². The molecule has 2 aromatic rings. The van der Waals surface area contributed by atoms with Crippen LogP contribution in [0.3, 0.4) is 0 Å². The van der Waals surface area contributed by atoms with Gasteiger partial charge < -0.3 is 38.9 Å². The topological polar surface area (TPSA) is 151 Å². The largest absolute Gasteiger partial charge is 0.498 e. The monoisotopic (exact) mass is 809 g/mol. The van der Waals surface area contributed by atoms with Gasteiger partial charge in [-0.25, -0.2) is 9.59 Å². The molecule has 3 rings (SSSR count). The molecular weight excluding hydrogens is 760 g/mol. The second kappa shape index (κ2) is 16.2. The van der Waals surface area contributed by atoms with Crippen LogP contribution < -0.4 is 25.6 Å². The van der Waals surface area contributed by atoms with Crippen molar-refractivity contribution in [2.24, 2.45) is 0 Å². The third-order valence-electron chi connectivity index (χ3n) is 8.60. The first-order chi connectivity index (χ1) is 23.1. The summed E-state index contributed by atoms with van der Waals surface area (Å²) in [5, 5.41) is 5.40. The van der Waals surface area contributed by atoms with E-state index in [0.29, 0.717) is 31.7 Å². The van der Waals surface area contributed by atoms with E-state index in [2.05, 4.69) is 33.2 Å². The number of carbonyl (C=O) groups excluding carboxylic acids is 4. The molecule has 0 bridgehead atoms. The molecule has 1 fully saturated rings. The van der Waals surface area contributed by atoms with Gasteiger partial charge in [0.25, 0.3) is 0 Å². The van der Waals surface area contributed by atoms with Crippen LogP contribution in [0.25, 0.3) is 0 Å². The van der Waals surface area contributed by atoms with Crippen molar-refractivity contribution in [2.75, 3.05) is 28.4 Å². The molecule has 15 heteroatoms. The number of ether oxygens (including phenoxy) is 4. The maximum absolute atomic E-state index is 13.8. The van der Waals surface area contributed by atoms with Gasteiger partial charge in [0.2, 0.25) is 11.8 Å². The van der Waals surface area contributed by atoms with E-state index >= 15 is 0 Å². The normalized spacial score (nSPS) is 16.8. The number of nitrogens with zero attached hydrogens (tertiary/aromatic N) is 1. The van der Waals surface area contributed by atoms with Crippen LogP contribution in [0.4, 0.5) is 4.79 Å². The lowest BCUT2D eigenvalue weighted by Crippen LogP contribution is -2.53. The zero-order chi connectivity index (χ0) is 37.8. The summed E-state index contributed by atoms with van der Waals surface area (Å²) in [7, 11) is 5.02. The zero-order valence-electron chi connectivity index (χ0n) is 30.9. The van der Waals surface area contributed by atoms with Crippen molar-refractivity contribution in [3.63, 3.8) is 0 Å². The Morgan fingerprint density at radius 1 is 0.900 bits per heavy atom. The van der Waals surface area contributed by atoms with Crippen LogP contribution in [0.1, 0.15) is 72.6 Å². The molecule has 1 aliphatic heterocycles. The third kappa shape index (κ3) is 9.81. The quantitative estimate of drug-likeness (QED) is 0.184. The van der Waals surface area contributed by atoms with E-state index in [1.54, 1.807) is 58.2 Å². The zero-order valence-corrected chi connectivity index (χ0v) is 33.0. The summed E-state index contributed by atoms with van der Waals surface area (Å²) in [6.45, 7) is 14.4. The molecule has 2 aromatic carbocycles. The number of hydrogen-bond acceptors (Lipinski definition) is 10. The fourth-order valence-electron chi connectivity index (χ4n) is 5.13. The predicted octanol–water partition coefficient (Wildman–Crippen LogP) is 3.92. The molecular formula is C35H49BIN3O10. The minimum Gasteiger partial charge on any atom is -0.497 e. The minimum atomic E-state index is -1.16. The molecule has 0 aromatic heterocycles. The van der Waals surface area contributed by atoms with Crippen LogP contribution in [0, 0.1) is 3.57 Å². The van der Waals surface area contributed by atoms with Crippen molar-refractivity contribution in [1.82, 2.24) is 15.5 Å². The molecule has 0 spiro atoms. The summed E-state index contributed by atoms with van der Waals surface area (Å²) in [6, 6.07) is 7.02. The van der Waals surface area contributed by atoms with Crippen LogP contribution in [0.2, 0.25) is 0 Å². The second-order valence-electron chi connectivity index (χ2n) is 14.1. The highest BCUT2D eigenvalue weighted by atomic mass is 127. The van der Waals surface area contributed by atoms with Crippen LogP contribution in [-0.4, -0.2) is 93.2 Å². The second-order valence-corrected chi connectivity index (χ2v) is 15.2. The lowest BCUT2D eigenvalue weighted by molar-refractivity contribution is -0.145. The lowest BCUT2D eigenvalue weighted by atomic mass is 9.77. The maximum atomic E-state index is 13.8. The van der Waals surface area contributed by atoms with Gasteiger partial charge in [-0.15, -0.1) is 0 Å². The van der Waals surface area contributed by atoms with Gasteiger partial charge in [-0.3, -0.25) is 14.5 Å². The average Bonchev–Trinajstić information content (AvgIpc) is 3.25. The van der Waals surface area contributed by atoms with Crippen molar-refractivity contribution in [2.45, 2.75) is 96.7 Å². The number of benzene rings is 2. The molecule has 50 heavy (non-hydrogen) atoms. The molecule has 13 nitrogen and oxygen atoms in total. The number of halogens is 1. The van der Waals surface area contributed by atoms with E-state index in [1.165, 1.54) is 33.1 Å². The van der Waals surface area contributed by atoms with Crippen molar-refractivity contribution in [1.29, 1.82) is 0 Å². The molecule has 3 amide bonds. The van der Waals surface area contributed by atoms with Gasteiger partial charge >= 0.3 is 19.2 Å². The minimum absolute atomic E-state index is 0.0594. The third-order valence-corrected chi connectivity index (χ3v) is 9.45. The molecule has 0 aliphatic carbocycles. The molecule has 3 atom stereocenters. The van der Waals surface area contributed by atoms with E-state index < -0.39 is 65.9 Å². The fraction of sp³-hybridized carbons (Fsp3) is 0.543. The van der Waals surface area contributed by atoms with Crippen LogP contribution in [-0.2, 0) is 39.6 Å². The highest BCUT2D eigenvalue weighted by Gasteiger charge is 2.52. The number of amides is 3. The summed E-state index contributed by atoms with van der Waals surface area (Å²) >= 11 is 2.07. The summed E-state index contributed by atoms with van der Waals surface area (Å²) in [6.07, 6.45) is -0.671. The van der Waals surface area contributed by atoms with Gasteiger partial charge in [0.15, 0.2) is 0 Å². The SMILES string of the molecule is COC(=O)C(Cc1ccc(OC)c(B2OC(C)(C)C(C)(C)O2)c1)NC(=O)C(C)NC(=O)C(c1ccc(OC)c(I)c1)N(C)C(=O)OC(C)(C)C. The molecule has 1 heterocycles. The van der Waals surface area contributed by atoms with Crippen molar-refractivity contribution >= 4 is 59.0 Å². The smallest absolute Gasteiger partial charge is 0.497 e. The molecule has 2 N–H and O–H groups in total. The van der Waals surface area contributed by atoms with Crippen LogP contribution in [0.15, 0.2) is 36.4 Å². The number of methoxy groups -OCH3 is 3. The van der Waals surface area contributed by atoms with Gasteiger partial charge in [0.05, 0.1) is 36.1 Å². The van der Waals surface area contributed by atoms with E-state index in [1.807, 2.05) is 33.8 Å². The molecule has 3 unspecified atom stereocenters. The van der Waals surface area contributed by atoms with E-state index in [4.69, 9.17) is 28.3 Å². The average molecular weight is 810 g/mol. The summed E-state index contributed by atoms with van der Waals surface area (Å²) < 4.78 is 34.7. The molecule has 1 aliphatic rings. The van der Waals surface area contributed by atoms with E-state index in [0.717, 1.165) is 0 Å². The number of nitrogens with one attached hydrogen (secondary N) is 2. The summed E-state index contributed by atoms with van der Waals surface area (Å²) in [4.78, 5) is 54.5. The highest BCUT2D eigenvalue weighted by molar-refractivity contribution is 14.1. The van der Waals surface area contributed by atoms with E-state index in [9.17, 15) is 19.2 Å². The first-order valence-corrected chi connectivity index (χ1v) is 17.2. The summed E-state index contributed by atoms with van der Waals surface area (Å²) in [5.41, 5.74) is -0.212. The van der Waals surface area contributed by atoms with E-state index in [-0.39, 0.29) is 6.42 Å². The Hall–Kier alpha value is -3.57. The van der Waals surface area contributed by atoms with Gasteiger partial charge in [-0.2, -0.15) is 0 Å². The van der Waals surface area contributed by atoms with Gasteiger partial charge in [0, 0.05) is 18.9 Å². The van der Waals surface area contributed by atoms with Crippen LogP contribution in [0.5, 0.6) is 11.5 Å². The lowest BCUT2D eigenvalue weighted by Gasteiger charge is -2.32. The predicted molar refractivity (Wildman–Crippen MR) is 196 cm³/mol. The Morgan fingerprint density at radius 2 is 1.48 bits per heavy atom. The Labute approximate surface area is 308 Å². The number of likely N-dealkylation sites (N-methyl/N-ethyl adjacent to an activating group) is 1. The Balaban J connectivity index is 1.83. The number of carbonyl (C=O) groups is 4. The molecule has 0 saturated carbocycles.